The number of amides is 1. The van der Waals surface area contributed by atoms with E-state index in [1.807, 2.05) is 41.3 Å². The van der Waals surface area contributed by atoms with Crippen molar-refractivity contribution < 1.29 is 14.6 Å². The molecule has 2 aromatic rings. The lowest BCUT2D eigenvalue weighted by Crippen LogP contribution is -3.27. The first-order chi connectivity index (χ1) is 12.6. The highest BCUT2D eigenvalue weighted by Crippen LogP contribution is 2.48. The quantitative estimate of drug-likeness (QED) is 0.828. The van der Waals surface area contributed by atoms with Crippen LogP contribution in [0.15, 0.2) is 52.3 Å². The molecule has 0 radical (unpaired) electrons. The van der Waals surface area contributed by atoms with E-state index in [4.69, 9.17) is 11.6 Å². The molecule has 136 valence electrons. The van der Waals surface area contributed by atoms with Gasteiger partial charge in [0.1, 0.15) is 26.2 Å². The number of hydrogen-bond donors (Lipinski definition) is 2. The number of para-hydroxylation sites is 1. The number of quaternary nitrogens is 2. The first-order valence-corrected chi connectivity index (χ1v) is 10.4. The summed E-state index contributed by atoms with van der Waals surface area (Å²) in [7, 11) is 2.24. The Kier molecular flexibility index (Phi) is 5.23. The van der Waals surface area contributed by atoms with Crippen LogP contribution in [0.3, 0.4) is 0 Å². The van der Waals surface area contributed by atoms with Gasteiger partial charge in [0.05, 0.1) is 31.4 Å². The van der Waals surface area contributed by atoms with E-state index in [2.05, 4.69) is 13.1 Å². The maximum absolute atomic E-state index is 13.2. The second kappa shape index (κ2) is 7.61. The molecule has 1 saturated heterocycles. The zero-order valence-corrected chi connectivity index (χ0v) is 16.5. The maximum atomic E-state index is 13.2. The lowest BCUT2D eigenvalue weighted by atomic mass is 10.2. The number of likely N-dealkylation sites (N-methyl/N-ethyl adjacent to an activating group) is 1. The zero-order chi connectivity index (χ0) is 18.1. The summed E-state index contributed by atoms with van der Waals surface area (Å²) in [6.07, 6.45) is 0.555. The lowest BCUT2D eigenvalue weighted by Gasteiger charge is -2.32. The smallest absolute Gasteiger partial charge is 0.237 e. The summed E-state index contributed by atoms with van der Waals surface area (Å²) in [5.74, 6) is 0.153. The Labute approximate surface area is 163 Å². The summed E-state index contributed by atoms with van der Waals surface area (Å²) in [6, 6.07) is 13.9. The van der Waals surface area contributed by atoms with Crippen LogP contribution in [-0.2, 0) is 4.79 Å². The Morgan fingerprint density at radius 3 is 2.62 bits per heavy atom. The normalized spacial score (nSPS) is 21.8. The van der Waals surface area contributed by atoms with Gasteiger partial charge in [-0.25, -0.2) is 0 Å². The van der Waals surface area contributed by atoms with Gasteiger partial charge in [0.15, 0.2) is 0 Å². The highest BCUT2D eigenvalue weighted by molar-refractivity contribution is 7.99. The average Bonchev–Trinajstić information content (AvgIpc) is 2.65. The largest absolute Gasteiger partial charge is 0.328 e. The number of carbonyl (C=O) groups is 1. The third-order valence-electron chi connectivity index (χ3n) is 5.24. The number of benzene rings is 2. The molecule has 0 atom stereocenters. The highest BCUT2D eigenvalue weighted by Gasteiger charge is 2.29. The van der Waals surface area contributed by atoms with Crippen molar-refractivity contribution in [2.24, 2.45) is 0 Å². The number of halogens is 1. The summed E-state index contributed by atoms with van der Waals surface area (Å²) < 4.78 is 0. The van der Waals surface area contributed by atoms with Crippen molar-refractivity contribution >= 4 is 40.6 Å². The third-order valence-corrected chi connectivity index (χ3v) is 6.61. The van der Waals surface area contributed by atoms with Crippen molar-refractivity contribution in [2.45, 2.75) is 16.2 Å². The second-order valence-electron chi connectivity index (χ2n) is 7.12. The fraction of sp³-hybridized carbons (Fsp3) is 0.350. The number of nitrogens with one attached hydrogen (secondary N) is 2. The predicted molar refractivity (Wildman–Crippen MR) is 106 cm³/mol. The molecule has 2 aliphatic rings. The molecule has 0 bridgehead atoms. The molecule has 2 aromatic carbocycles. The van der Waals surface area contributed by atoms with Crippen LogP contribution >= 0.6 is 23.4 Å². The molecule has 0 aromatic heterocycles. The predicted octanol–water partition coefficient (Wildman–Crippen LogP) is 1.27. The van der Waals surface area contributed by atoms with Gasteiger partial charge in [0.2, 0.25) is 5.91 Å². The Bertz CT molecular complexity index is 820. The van der Waals surface area contributed by atoms with E-state index in [1.54, 1.807) is 16.7 Å². The summed E-state index contributed by atoms with van der Waals surface area (Å²) in [4.78, 5) is 20.4. The van der Waals surface area contributed by atoms with Gasteiger partial charge in [0, 0.05) is 14.8 Å². The van der Waals surface area contributed by atoms with Crippen molar-refractivity contribution in [2.75, 3.05) is 44.7 Å². The average molecular weight is 390 g/mol. The van der Waals surface area contributed by atoms with Gasteiger partial charge >= 0.3 is 0 Å². The van der Waals surface area contributed by atoms with Crippen LogP contribution in [0.5, 0.6) is 0 Å². The van der Waals surface area contributed by atoms with Crippen LogP contribution in [0.4, 0.5) is 11.4 Å². The fourth-order valence-corrected chi connectivity index (χ4v) is 4.88. The topological polar surface area (TPSA) is 29.2 Å². The second-order valence-corrected chi connectivity index (χ2v) is 8.64. The van der Waals surface area contributed by atoms with Gasteiger partial charge in [-0.3, -0.25) is 9.69 Å². The number of hydrogen-bond acceptors (Lipinski definition) is 2. The molecule has 0 unspecified atom stereocenters. The maximum Gasteiger partial charge on any atom is 0.237 e. The highest BCUT2D eigenvalue weighted by atomic mass is 35.5. The minimum absolute atomic E-state index is 0.153. The van der Waals surface area contributed by atoms with Crippen molar-refractivity contribution in [1.29, 1.82) is 0 Å². The Balaban J connectivity index is 1.57. The van der Waals surface area contributed by atoms with E-state index in [0.717, 1.165) is 40.8 Å². The van der Waals surface area contributed by atoms with Crippen molar-refractivity contribution in [3.8, 4) is 0 Å². The van der Waals surface area contributed by atoms with E-state index >= 15 is 0 Å². The van der Waals surface area contributed by atoms with Gasteiger partial charge in [-0.1, -0.05) is 35.5 Å². The van der Waals surface area contributed by atoms with E-state index in [-0.39, 0.29) is 5.91 Å². The summed E-state index contributed by atoms with van der Waals surface area (Å²) in [5, 5.41) is 0.661. The SMILES string of the molecule is C[NH+]1CC[NH+](CCC(=O)N2c3ccccc3Sc3ccc(Cl)cc32)CC1. The number of nitrogens with zero attached hydrogens (tertiary/aromatic N) is 1. The standard InChI is InChI=1S/C20H22ClN3OS/c1-22-10-12-23(13-11-22)9-8-20(25)24-16-4-2-3-5-18(16)26-19-7-6-15(21)14-17(19)24/h2-7,14H,8-13H2,1H3/p+2. The molecule has 1 amide bonds. The Morgan fingerprint density at radius 2 is 1.81 bits per heavy atom. The number of fused-ring (bicyclic) bond motifs is 2. The van der Waals surface area contributed by atoms with Crippen LogP contribution < -0.4 is 14.7 Å². The molecule has 4 nitrogen and oxygen atoms in total. The van der Waals surface area contributed by atoms with E-state index in [9.17, 15) is 4.79 Å². The third kappa shape index (κ3) is 3.62. The minimum atomic E-state index is 0.153. The van der Waals surface area contributed by atoms with Gasteiger partial charge in [-0.2, -0.15) is 0 Å². The van der Waals surface area contributed by atoms with Gasteiger partial charge in [0.25, 0.3) is 0 Å². The molecular formula is C20H24ClN3OS+2. The molecule has 1 fully saturated rings. The molecule has 6 heteroatoms. The van der Waals surface area contributed by atoms with Crippen LogP contribution in [0.25, 0.3) is 0 Å². The molecular weight excluding hydrogens is 366 g/mol. The van der Waals surface area contributed by atoms with Gasteiger partial charge in [-0.15, -0.1) is 0 Å². The van der Waals surface area contributed by atoms with E-state index in [0.29, 0.717) is 11.4 Å². The van der Waals surface area contributed by atoms with Crippen LogP contribution in [0, 0.1) is 0 Å². The van der Waals surface area contributed by atoms with E-state index < -0.39 is 0 Å². The van der Waals surface area contributed by atoms with Crippen molar-refractivity contribution in [3.05, 3.63) is 47.5 Å². The molecule has 2 heterocycles. The minimum Gasteiger partial charge on any atom is -0.328 e. The van der Waals surface area contributed by atoms with Crippen molar-refractivity contribution in [3.63, 3.8) is 0 Å². The van der Waals surface area contributed by atoms with Gasteiger partial charge in [-0.05, 0) is 30.3 Å². The fourth-order valence-electron chi connectivity index (χ4n) is 3.67. The molecule has 0 aliphatic carbocycles. The Hall–Kier alpha value is -1.53. The zero-order valence-electron chi connectivity index (χ0n) is 14.9. The monoisotopic (exact) mass is 389 g/mol. The number of anilines is 2. The summed E-state index contributed by atoms with van der Waals surface area (Å²) >= 11 is 7.93. The Morgan fingerprint density at radius 1 is 1.08 bits per heavy atom. The number of carbonyl (C=O) groups excluding carboxylic acids is 1. The van der Waals surface area contributed by atoms with Crippen LogP contribution in [0.1, 0.15) is 6.42 Å². The molecule has 0 saturated carbocycles. The van der Waals surface area contributed by atoms with Crippen molar-refractivity contribution in [1.82, 2.24) is 0 Å². The molecule has 2 N–H and O–H groups in total. The first-order valence-electron chi connectivity index (χ1n) is 9.16. The van der Waals surface area contributed by atoms with Gasteiger partial charge < -0.3 is 9.80 Å². The molecule has 26 heavy (non-hydrogen) atoms. The van der Waals surface area contributed by atoms with E-state index in [1.165, 1.54) is 18.0 Å². The van der Waals surface area contributed by atoms with Crippen LogP contribution in [0.2, 0.25) is 5.02 Å². The lowest BCUT2D eigenvalue weighted by molar-refractivity contribution is -1.00. The number of piperazine rings is 1. The molecule has 0 spiro atoms. The van der Waals surface area contributed by atoms with Crippen LogP contribution in [-0.4, -0.2) is 45.7 Å². The summed E-state index contributed by atoms with van der Waals surface area (Å²) in [5.41, 5.74) is 1.87. The summed E-state index contributed by atoms with van der Waals surface area (Å²) in [6.45, 7) is 5.56. The molecule has 4 rings (SSSR count). The number of rotatable bonds is 3. The molecule has 2 aliphatic heterocycles. The first kappa shape index (κ1) is 17.9.